The Kier molecular flexibility index (Phi) is 10.5. The number of rotatable bonds is 7. The zero-order chi connectivity index (χ0) is 17.2. The van der Waals surface area contributed by atoms with Gasteiger partial charge in [-0.15, -0.1) is 24.0 Å². The summed E-state index contributed by atoms with van der Waals surface area (Å²) in [6, 6.07) is 10.5. The number of carbonyl (C=O) groups is 1. The van der Waals surface area contributed by atoms with Crippen molar-refractivity contribution in [2.45, 2.75) is 39.0 Å². The predicted octanol–water partition coefficient (Wildman–Crippen LogP) is 2.98. The second-order valence-corrected chi connectivity index (χ2v) is 6.31. The molecule has 1 fully saturated rings. The maximum absolute atomic E-state index is 12.1. The first-order valence-electron chi connectivity index (χ1n) is 9.05. The van der Waals surface area contributed by atoms with E-state index in [9.17, 15) is 4.79 Å². The van der Waals surface area contributed by atoms with Crippen LogP contribution >= 0.6 is 24.0 Å². The van der Waals surface area contributed by atoms with Crippen molar-refractivity contribution in [3.8, 4) is 0 Å². The molecule has 6 heteroatoms. The fraction of sp³-hybridized carbons (Fsp3) is 0.579. The molecule has 0 bridgehead atoms. The monoisotopic (exact) mass is 458 g/mol. The first-order valence-corrected chi connectivity index (χ1v) is 9.05. The third-order valence-electron chi connectivity index (χ3n) is 4.41. The van der Waals surface area contributed by atoms with Crippen molar-refractivity contribution in [2.75, 3.05) is 32.7 Å². The van der Waals surface area contributed by atoms with Gasteiger partial charge in [0.2, 0.25) is 5.91 Å². The second kappa shape index (κ2) is 12.1. The van der Waals surface area contributed by atoms with Crippen LogP contribution in [0.1, 0.15) is 44.6 Å². The molecule has 0 spiro atoms. The lowest BCUT2D eigenvalue weighted by Crippen LogP contribution is -2.39. The Morgan fingerprint density at radius 1 is 1.20 bits per heavy atom. The van der Waals surface area contributed by atoms with Crippen LogP contribution in [-0.2, 0) is 4.79 Å². The highest BCUT2D eigenvalue weighted by Crippen LogP contribution is 2.17. The third-order valence-corrected chi connectivity index (χ3v) is 4.41. The van der Waals surface area contributed by atoms with E-state index in [-0.39, 0.29) is 36.4 Å². The lowest BCUT2D eigenvalue weighted by molar-refractivity contribution is -0.128. The SMILES string of the molecule is CCNC(=NCC(=O)N1CCCC1)NCCC(C)c1ccccc1.I. The first kappa shape index (κ1) is 21.7. The Morgan fingerprint density at radius 3 is 2.52 bits per heavy atom. The largest absolute Gasteiger partial charge is 0.357 e. The van der Waals surface area contributed by atoms with Crippen LogP contribution in [0.25, 0.3) is 0 Å². The number of carbonyl (C=O) groups excluding carboxylic acids is 1. The molecule has 0 saturated carbocycles. The van der Waals surface area contributed by atoms with Crippen LogP contribution < -0.4 is 10.6 Å². The topological polar surface area (TPSA) is 56.7 Å². The zero-order valence-electron chi connectivity index (χ0n) is 15.3. The standard InChI is InChI=1S/C19H30N4O.HI/c1-3-20-19(22-15-18(24)23-13-7-8-14-23)21-12-11-16(2)17-9-5-4-6-10-17;/h4-6,9-10,16H,3,7-8,11-15H2,1-2H3,(H2,20,21,22);1H. The number of halogens is 1. The van der Waals surface area contributed by atoms with Gasteiger partial charge in [0.25, 0.3) is 0 Å². The highest BCUT2D eigenvalue weighted by atomic mass is 127. The van der Waals surface area contributed by atoms with Gasteiger partial charge in [-0.2, -0.15) is 0 Å². The first-order chi connectivity index (χ1) is 11.7. The summed E-state index contributed by atoms with van der Waals surface area (Å²) < 4.78 is 0. The van der Waals surface area contributed by atoms with Gasteiger partial charge in [-0.3, -0.25) is 4.79 Å². The van der Waals surface area contributed by atoms with Crippen LogP contribution in [0.4, 0.5) is 0 Å². The van der Waals surface area contributed by atoms with Crippen molar-refractivity contribution in [2.24, 2.45) is 4.99 Å². The fourth-order valence-corrected chi connectivity index (χ4v) is 2.91. The summed E-state index contributed by atoms with van der Waals surface area (Å²) in [5.41, 5.74) is 1.35. The van der Waals surface area contributed by atoms with Gasteiger partial charge < -0.3 is 15.5 Å². The number of benzene rings is 1. The molecule has 140 valence electrons. The summed E-state index contributed by atoms with van der Waals surface area (Å²) in [6.45, 7) is 7.88. The molecular formula is C19H31IN4O. The molecule has 2 rings (SSSR count). The van der Waals surface area contributed by atoms with E-state index in [4.69, 9.17) is 0 Å². The van der Waals surface area contributed by atoms with Crippen molar-refractivity contribution in [3.63, 3.8) is 0 Å². The zero-order valence-corrected chi connectivity index (χ0v) is 17.7. The minimum Gasteiger partial charge on any atom is -0.357 e. The van der Waals surface area contributed by atoms with Crippen LogP contribution in [0.15, 0.2) is 35.3 Å². The number of amides is 1. The number of nitrogens with one attached hydrogen (secondary N) is 2. The van der Waals surface area contributed by atoms with Crippen molar-refractivity contribution < 1.29 is 4.79 Å². The van der Waals surface area contributed by atoms with E-state index in [0.29, 0.717) is 5.92 Å². The maximum Gasteiger partial charge on any atom is 0.244 e. The molecule has 0 aliphatic carbocycles. The Bertz CT molecular complexity index is 529. The normalized spacial score (nSPS) is 15.4. The maximum atomic E-state index is 12.1. The number of hydrogen-bond acceptors (Lipinski definition) is 2. The average molecular weight is 458 g/mol. The molecule has 1 saturated heterocycles. The van der Waals surface area contributed by atoms with E-state index in [1.165, 1.54) is 5.56 Å². The summed E-state index contributed by atoms with van der Waals surface area (Å²) in [5.74, 6) is 1.35. The molecule has 1 aromatic rings. The minimum absolute atomic E-state index is 0. The van der Waals surface area contributed by atoms with Gasteiger partial charge in [0, 0.05) is 26.2 Å². The van der Waals surface area contributed by atoms with E-state index in [1.807, 2.05) is 17.9 Å². The van der Waals surface area contributed by atoms with Gasteiger partial charge in [0.1, 0.15) is 6.54 Å². The van der Waals surface area contributed by atoms with Crippen molar-refractivity contribution in [1.82, 2.24) is 15.5 Å². The van der Waals surface area contributed by atoms with Crippen molar-refractivity contribution >= 4 is 35.8 Å². The van der Waals surface area contributed by atoms with Gasteiger partial charge in [-0.1, -0.05) is 37.3 Å². The van der Waals surface area contributed by atoms with Gasteiger partial charge in [0.05, 0.1) is 0 Å². The van der Waals surface area contributed by atoms with Gasteiger partial charge in [-0.25, -0.2) is 4.99 Å². The van der Waals surface area contributed by atoms with Crippen LogP contribution in [0.2, 0.25) is 0 Å². The van der Waals surface area contributed by atoms with E-state index in [0.717, 1.165) is 51.4 Å². The molecular weight excluding hydrogens is 427 g/mol. The highest BCUT2D eigenvalue weighted by molar-refractivity contribution is 14.0. The summed E-state index contributed by atoms with van der Waals surface area (Å²) >= 11 is 0. The molecule has 2 N–H and O–H groups in total. The summed E-state index contributed by atoms with van der Waals surface area (Å²) in [6.07, 6.45) is 3.25. The molecule has 25 heavy (non-hydrogen) atoms. The molecule has 1 atom stereocenters. The number of aliphatic imine (C=N–C) groups is 1. The molecule has 0 aromatic heterocycles. The Balaban J connectivity index is 0.00000312. The van der Waals surface area contributed by atoms with Crippen LogP contribution in [0, 0.1) is 0 Å². The van der Waals surface area contributed by atoms with Gasteiger partial charge >= 0.3 is 0 Å². The van der Waals surface area contributed by atoms with E-state index < -0.39 is 0 Å². The predicted molar refractivity (Wildman–Crippen MR) is 115 cm³/mol. The number of guanidine groups is 1. The number of nitrogens with zero attached hydrogens (tertiary/aromatic N) is 2. The average Bonchev–Trinajstić information content (AvgIpc) is 3.14. The van der Waals surface area contributed by atoms with Gasteiger partial charge in [-0.05, 0) is 37.7 Å². The van der Waals surface area contributed by atoms with Gasteiger partial charge in [0.15, 0.2) is 5.96 Å². The van der Waals surface area contributed by atoms with Crippen LogP contribution in [0.3, 0.4) is 0 Å². The molecule has 1 heterocycles. The lowest BCUT2D eigenvalue weighted by Gasteiger charge is -2.16. The van der Waals surface area contributed by atoms with E-state index in [2.05, 4.69) is 46.8 Å². The molecule has 0 radical (unpaired) electrons. The molecule has 1 aliphatic heterocycles. The number of likely N-dealkylation sites (tertiary alicyclic amines) is 1. The summed E-state index contributed by atoms with van der Waals surface area (Å²) in [7, 11) is 0. The van der Waals surface area contributed by atoms with E-state index in [1.54, 1.807) is 0 Å². The Morgan fingerprint density at radius 2 is 1.88 bits per heavy atom. The highest BCUT2D eigenvalue weighted by Gasteiger charge is 2.17. The van der Waals surface area contributed by atoms with Crippen LogP contribution in [-0.4, -0.2) is 49.5 Å². The summed E-state index contributed by atoms with van der Waals surface area (Å²) in [4.78, 5) is 18.4. The third kappa shape index (κ3) is 7.63. The van der Waals surface area contributed by atoms with Crippen molar-refractivity contribution in [3.05, 3.63) is 35.9 Å². The molecule has 1 unspecified atom stereocenters. The fourth-order valence-electron chi connectivity index (χ4n) is 2.91. The van der Waals surface area contributed by atoms with Crippen molar-refractivity contribution in [1.29, 1.82) is 0 Å². The van der Waals surface area contributed by atoms with Crippen LogP contribution in [0.5, 0.6) is 0 Å². The molecule has 1 aliphatic rings. The summed E-state index contributed by atoms with van der Waals surface area (Å²) in [5, 5.41) is 6.55. The van der Waals surface area contributed by atoms with E-state index >= 15 is 0 Å². The smallest absolute Gasteiger partial charge is 0.244 e. The molecule has 5 nitrogen and oxygen atoms in total. The molecule has 1 aromatic carbocycles. The Labute approximate surface area is 168 Å². The quantitative estimate of drug-likeness (QED) is 0.375. The number of hydrogen-bond donors (Lipinski definition) is 2. The lowest BCUT2D eigenvalue weighted by atomic mass is 9.98. The Hall–Kier alpha value is -1.31. The minimum atomic E-state index is 0. The second-order valence-electron chi connectivity index (χ2n) is 6.31. The molecule has 1 amide bonds.